The number of fused-ring (bicyclic) bond motifs is 3. The molecule has 0 radical (unpaired) electrons. The Kier molecular flexibility index (Phi) is 12.9. The molecule has 0 spiro atoms. The number of benzene rings is 6. The van der Waals surface area contributed by atoms with Crippen LogP contribution >= 0.6 is 0 Å². The minimum absolute atomic E-state index is 0.00634. The first-order valence-electron chi connectivity index (χ1n) is 21.9. The van der Waals surface area contributed by atoms with Gasteiger partial charge in [0.1, 0.15) is 41.9 Å². The number of aliphatic hydroxyl groups is 1. The molecule has 12 heteroatoms. The standard InChI is InChI=1S/C54H49N3O9/c1-62-40-25-21-38(22-26-40)54(37-10-4-3-5-11-37,39-23-27-41(63-2)28-24-39)65-34-48-47(58)32-50(66-48)57-31-30-49(56-53(57)61)55-52(60)36-19-16-35(17-20-36)18-29-51(59)64-33-46-44-14-8-6-12-42(44)43-13-7-9-15-45(43)46/h3-17,19-28,30-31,46-48,50,58H,18,29,32-34H2,1-2H3,(H,55,56,60,61)/t47?,48-,50-/m1/s1. The van der Waals surface area contributed by atoms with Gasteiger partial charge in [0, 0.05) is 30.5 Å². The molecule has 3 atom stereocenters. The largest absolute Gasteiger partial charge is 0.497 e. The minimum atomic E-state index is -1.13. The molecule has 1 amide bonds. The van der Waals surface area contributed by atoms with Crippen LogP contribution in [0.2, 0.25) is 0 Å². The van der Waals surface area contributed by atoms with Crippen LogP contribution < -0.4 is 20.5 Å². The van der Waals surface area contributed by atoms with E-state index in [2.05, 4.69) is 34.6 Å². The van der Waals surface area contributed by atoms with Crippen molar-refractivity contribution in [2.75, 3.05) is 32.8 Å². The molecular weight excluding hydrogens is 835 g/mol. The van der Waals surface area contributed by atoms with Crippen LogP contribution in [0.3, 0.4) is 0 Å². The number of hydrogen-bond acceptors (Lipinski definition) is 10. The Morgan fingerprint density at radius 2 is 1.30 bits per heavy atom. The number of anilines is 1. The van der Waals surface area contributed by atoms with E-state index in [-0.39, 0.29) is 43.8 Å². The monoisotopic (exact) mass is 883 g/mol. The number of carbonyl (C=O) groups is 2. The van der Waals surface area contributed by atoms with Crippen molar-refractivity contribution in [3.63, 3.8) is 0 Å². The molecule has 66 heavy (non-hydrogen) atoms. The molecule has 0 bridgehead atoms. The lowest BCUT2D eigenvalue weighted by atomic mass is 9.80. The van der Waals surface area contributed by atoms with E-state index in [0.717, 1.165) is 33.4 Å². The number of rotatable bonds is 16. The summed E-state index contributed by atoms with van der Waals surface area (Å²) in [6.45, 7) is 0.235. The topological polar surface area (TPSA) is 147 Å². The first kappa shape index (κ1) is 43.9. The summed E-state index contributed by atoms with van der Waals surface area (Å²) in [5.74, 6) is 0.684. The second-order valence-corrected chi connectivity index (χ2v) is 16.3. The highest BCUT2D eigenvalue weighted by Crippen LogP contribution is 2.45. The number of aliphatic hydroxyl groups excluding tert-OH is 1. The smallest absolute Gasteiger partial charge is 0.351 e. The predicted molar refractivity (Wildman–Crippen MR) is 249 cm³/mol. The molecule has 1 aromatic heterocycles. The number of aryl methyl sites for hydroxylation is 1. The van der Waals surface area contributed by atoms with Gasteiger partial charge in [-0.25, -0.2) is 4.79 Å². The molecule has 1 aliphatic carbocycles. The first-order chi connectivity index (χ1) is 32.2. The normalized spacial score (nSPS) is 16.6. The quantitative estimate of drug-likeness (QED) is 0.0716. The lowest BCUT2D eigenvalue weighted by molar-refractivity contribution is -0.143. The summed E-state index contributed by atoms with van der Waals surface area (Å²) < 4.78 is 31.2. The van der Waals surface area contributed by atoms with E-state index >= 15 is 0 Å². The summed E-state index contributed by atoms with van der Waals surface area (Å²) in [5, 5.41) is 14.0. The lowest BCUT2D eigenvalue weighted by Gasteiger charge is -2.37. The van der Waals surface area contributed by atoms with Crippen LogP contribution in [-0.4, -0.2) is 66.2 Å². The molecule has 1 fully saturated rings. The molecule has 1 aliphatic heterocycles. The van der Waals surface area contributed by atoms with Gasteiger partial charge in [-0.1, -0.05) is 115 Å². The van der Waals surface area contributed by atoms with Crippen LogP contribution in [0.5, 0.6) is 11.5 Å². The van der Waals surface area contributed by atoms with Gasteiger partial charge in [-0.05, 0) is 93.4 Å². The maximum absolute atomic E-state index is 13.4. The van der Waals surface area contributed by atoms with Crippen LogP contribution in [0, 0.1) is 0 Å². The van der Waals surface area contributed by atoms with Gasteiger partial charge in [0.25, 0.3) is 5.91 Å². The number of nitrogens with one attached hydrogen (secondary N) is 1. The summed E-state index contributed by atoms with van der Waals surface area (Å²) in [7, 11) is 3.22. The summed E-state index contributed by atoms with van der Waals surface area (Å²) in [6.07, 6.45) is -0.375. The Hall–Kier alpha value is -7.38. The molecule has 1 unspecified atom stereocenters. The number of amides is 1. The molecular formula is C54H49N3O9. The number of nitrogens with zero attached hydrogens (tertiary/aromatic N) is 2. The average Bonchev–Trinajstić information content (AvgIpc) is 3.90. The van der Waals surface area contributed by atoms with Gasteiger partial charge in [-0.3, -0.25) is 14.2 Å². The number of esters is 1. The van der Waals surface area contributed by atoms with Gasteiger partial charge in [-0.2, -0.15) is 4.98 Å². The zero-order valence-electron chi connectivity index (χ0n) is 36.5. The number of aromatic nitrogens is 2. The van der Waals surface area contributed by atoms with E-state index in [4.69, 9.17) is 23.7 Å². The highest BCUT2D eigenvalue weighted by molar-refractivity contribution is 6.03. The molecule has 6 aromatic carbocycles. The molecule has 334 valence electrons. The van der Waals surface area contributed by atoms with Gasteiger partial charge in [0.05, 0.1) is 26.9 Å². The second kappa shape index (κ2) is 19.4. The van der Waals surface area contributed by atoms with Crippen molar-refractivity contribution < 1.29 is 38.4 Å². The van der Waals surface area contributed by atoms with Crippen LogP contribution in [0.1, 0.15) is 68.7 Å². The Morgan fingerprint density at radius 1 is 0.727 bits per heavy atom. The molecule has 2 N–H and O–H groups in total. The third kappa shape index (κ3) is 8.99. The van der Waals surface area contributed by atoms with E-state index in [1.54, 1.807) is 38.5 Å². The van der Waals surface area contributed by atoms with E-state index < -0.39 is 35.6 Å². The van der Waals surface area contributed by atoms with Crippen LogP contribution in [0.4, 0.5) is 5.82 Å². The highest BCUT2D eigenvalue weighted by Gasteiger charge is 2.42. The van der Waals surface area contributed by atoms with Gasteiger partial charge >= 0.3 is 11.7 Å². The van der Waals surface area contributed by atoms with Crippen LogP contribution in [-0.2, 0) is 31.0 Å². The van der Waals surface area contributed by atoms with Crippen LogP contribution in [0.15, 0.2) is 169 Å². The van der Waals surface area contributed by atoms with Crippen molar-refractivity contribution in [3.8, 4) is 22.6 Å². The maximum atomic E-state index is 13.4. The minimum Gasteiger partial charge on any atom is -0.497 e. The summed E-state index contributed by atoms with van der Waals surface area (Å²) >= 11 is 0. The molecule has 1 saturated heterocycles. The molecule has 9 rings (SSSR count). The number of carbonyl (C=O) groups excluding carboxylic acids is 2. The van der Waals surface area contributed by atoms with Crippen molar-refractivity contribution in [3.05, 3.63) is 213 Å². The average molecular weight is 884 g/mol. The summed E-state index contributed by atoms with van der Waals surface area (Å²) in [6, 6.07) is 49.9. The van der Waals surface area contributed by atoms with E-state index in [9.17, 15) is 19.5 Å². The zero-order valence-corrected chi connectivity index (χ0v) is 36.5. The van der Waals surface area contributed by atoms with Crippen molar-refractivity contribution in [2.24, 2.45) is 0 Å². The first-order valence-corrected chi connectivity index (χ1v) is 21.9. The second-order valence-electron chi connectivity index (χ2n) is 16.3. The molecule has 12 nitrogen and oxygen atoms in total. The fourth-order valence-corrected chi connectivity index (χ4v) is 8.96. The van der Waals surface area contributed by atoms with Crippen molar-refractivity contribution >= 4 is 17.7 Å². The van der Waals surface area contributed by atoms with Gasteiger partial charge < -0.3 is 34.1 Å². The van der Waals surface area contributed by atoms with E-state index in [1.807, 2.05) is 103 Å². The number of methoxy groups -OCH3 is 2. The third-order valence-electron chi connectivity index (χ3n) is 12.4. The molecule has 7 aromatic rings. The Morgan fingerprint density at radius 3 is 1.89 bits per heavy atom. The van der Waals surface area contributed by atoms with E-state index in [1.165, 1.54) is 28.0 Å². The Bertz CT molecular complexity index is 2770. The molecule has 2 aliphatic rings. The van der Waals surface area contributed by atoms with Crippen molar-refractivity contribution in [2.45, 2.75) is 49.2 Å². The number of ether oxygens (including phenoxy) is 5. The lowest BCUT2D eigenvalue weighted by Crippen LogP contribution is -2.38. The van der Waals surface area contributed by atoms with Crippen LogP contribution in [0.25, 0.3) is 11.1 Å². The van der Waals surface area contributed by atoms with E-state index in [0.29, 0.717) is 23.5 Å². The Balaban J connectivity index is 0.814. The maximum Gasteiger partial charge on any atom is 0.351 e. The zero-order chi connectivity index (χ0) is 45.6. The summed E-state index contributed by atoms with van der Waals surface area (Å²) in [5.41, 5.74) is 6.60. The predicted octanol–water partition coefficient (Wildman–Crippen LogP) is 8.46. The molecule has 0 saturated carbocycles. The van der Waals surface area contributed by atoms with Crippen molar-refractivity contribution in [1.82, 2.24) is 9.55 Å². The fourth-order valence-electron chi connectivity index (χ4n) is 8.96. The SMILES string of the molecule is COc1ccc(C(OC[C@H]2O[C@@H](n3ccc(NC(=O)c4ccc(CCC(=O)OCC5c6ccccc6-c6ccccc65)cc4)nc3=O)CC2O)(c2ccccc2)c2ccc(OC)cc2)cc1. The van der Waals surface area contributed by atoms with Gasteiger partial charge in [0.15, 0.2) is 0 Å². The summed E-state index contributed by atoms with van der Waals surface area (Å²) in [4.78, 5) is 43.6. The molecule has 2 heterocycles. The van der Waals surface area contributed by atoms with Gasteiger partial charge in [0.2, 0.25) is 0 Å². The Labute approximate surface area is 382 Å². The fraction of sp³-hybridized carbons (Fsp3) is 0.222. The third-order valence-corrected chi connectivity index (χ3v) is 12.4. The highest BCUT2D eigenvalue weighted by atomic mass is 16.6. The van der Waals surface area contributed by atoms with Gasteiger partial charge in [-0.15, -0.1) is 0 Å². The van der Waals surface area contributed by atoms with Crippen molar-refractivity contribution in [1.29, 1.82) is 0 Å². The number of hydrogen-bond donors (Lipinski definition) is 2.